The van der Waals surface area contributed by atoms with E-state index in [1.807, 2.05) is 6.20 Å². The zero-order valence-electron chi connectivity index (χ0n) is 10.6. The third-order valence-corrected chi connectivity index (χ3v) is 3.54. The van der Waals surface area contributed by atoms with Crippen molar-refractivity contribution in [3.05, 3.63) is 65.5 Å². The largest absolute Gasteiger partial charge is 0.308 e. The first-order valence-electron chi connectivity index (χ1n) is 6.53. The van der Waals surface area contributed by atoms with Gasteiger partial charge in [0.15, 0.2) is 0 Å². The number of aryl methyl sites for hydroxylation is 1. The van der Waals surface area contributed by atoms with Crippen LogP contribution in [0.3, 0.4) is 0 Å². The number of pyridine rings is 1. The van der Waals surface area contributed by atoms with Gasteiger partial charge in [0.2, 0.25) is 0 Å². The second-order valence-corrected chi connectivity index (χ2v) is 5.07. The van der Waals surface area contributed by atoms with Crippen molar-refractivity contribution in [2.24, 2.45) is 0 Å². The number of nitrogens with one attached hydrogen (secondary N) is 1. The SMILES string of the molecule is Cc1ccc(CNC2CC2c2ccccc2)nc1. The fourth-order valence-electron chi connectivity index (χ4n) is 2.33. The van der Waals surface area contributed by atoms with Crippen LogP contribution in [0.5, 0.6) is 0 Å². The second kappa shape index (κ2) is 4.91. The molecule has 0 bridgehead atoms. The van der Waals surface area contributed by atoms with Crippen LogP contribution in [0.25, 0.3) is 0 Å². The lowest BCUT2D eigenvalue weighted by molar-refractivity contribution is 0.660. The molecule has 0 aliphatic heterocycles. The predicted molar refractivity (Wildman–Crippen MR) is 73.4 cm³/mol. The summed E-state index contributed by atoms with van der Waals surface area (Å²) in [6, 6.07) is 15.6. The lowest BCUT2D eigenvalue weighted by Crippen LogP contribution is -2.17. The summed E-state index contributed by atoms with van der Waals surface area (Å²) in [6.45, 7) is 2.94. The lowest BCUT2D eigenvalue weighted by atomic mass is 10.1. The molecule has 0 spiro atoms. The van der Waals surface area contributed by atoms with E-state index in [-0.39, 0.29) is 0 Å². The van der Waals surface area contributed by atoms with Gasteiger partial charge in [-0.3, -0.25) is 4.98 Å². The van der Waals surface area contributed by atoms with E-state index in [0.717, 1.165) is 12.2 Å². The van der Waals surface area contributed by atoms with Gasteiger partial charge in [-0.15, -0.1) is 0 Å². The average molecular weight is 238 g/mol. The first-order valence-corrected chi connectivity index (χ1v) is 6.53. The van der Waals surface area contributed by atoms with Crippen LogP contribution in [0.2, 0.25) is 0 Å². The molecule has 1 heterocycles. The molecular weight excluding hydrogens is 220 g/mol. The molecule has 2 heteroatoms. The number of hydrogen-bond acceptors (Lipinski definition) is 2. The highest BCUT2D eigenvalue weighted by atomic mass is 15.0. The predicted octanol–water partition coefficient (Wildman–Crippen LogP) is 3.04. The van der Waals surface area contributed by atoms with Crippen LogP contribution in [-0.2, 0) is 6.54 Å². The number of benzene rings is 1. The minimum absolute atomic E-state index is 0.621. The summed E-state index contributed by atoms with van der Waals surface area (Å²) in [5.41, 5.74) is 3.79. The molecule has 92 valence electrons. The van der Waals surface area contributed by atoms with Gasteiger partial charge < -0.3 is 5.32 Å². The Morgan fingerprint density at radius 3 is 2.72 bits per heavy atom. The maximum atomic E-state index is 4.41. The first-order chi connectivity index (χ1) is 8.83. The van der Waals surface area contributed by atoms with Crippen LogP contribution >= 0.6 is 0 Å². The molecule has 1 fully saturated rings. The smallest absolute Gasteiger partial charge is 0.0541 e. The maximum absolute atomic E-state index is 4.41. The van der Waals surface area contributed by atoms with Crippen LogP contribution in [0, 0.1) is 6.92 Å². The number of hydrogen-bond donors (Lipinski definition) is 1. The van der Waals surface area contributed by atoms with Crippen LogP contribution in [-0.4, -0.2) is 11.0 Å². The maximum Gasteiger partial charge on any atom is 0.0541 e. The summed E-state index contributed by atoms with van der Waals surface area (Å²) >= 11 is 0. The molecule has 0 radical (unpaired) electrons. The van der Waals surface area contributed by atoms with Crippen molar-refractivity contribution < 1.29 is 0 Å². The van der Waals surface area contributed by atoms with Gasteiger partial charge in [-0.25, -0.2) is 0 Å². The van der Waals surface area contributed by atoms with Crippen molar-refractivity contribution in [3.63, 3.8) is 0 Å². The molecular formula is C16H18N2. The third-order valence-electron chi connectivity index (χ3n) is 3.54. The molecule has 2 unspecified atom stereocenters. The Morgan fingerprint density at radius 2 is 2.00 bits per heavy atom. The molecule has 1 N–H and O–H groups in total. The van der Waals surface area contributed by atoms with E-state index in [1.54, 1.807) is 0 Å². The van der Waals surface area contributed by atoms with E-state index >= 15 is 0 Å². The van der Waals surface area contributed by atoms with Crippen LogP contribution in [0.4, 0.5) is 0 Å². The normalized spacial score (nSPS) is 21.8. The van der Waals surface area contributed by atoms with Gasteiger partial charge in [0.05, 0.1) is 5.69 Å². The van der Waals surface area contributed by atoms with E-state index in [0.29, 0.717) is 12.0 Å². The molecule has 0 saturated heterocycles. The van der Waals surface area contributed by atoms with E-state index in [9.17, 15) is 0 Å². The highest BCUT2D eigenvalue weighted by Gasteiger charge is 2.37. The average Bonchev–Trinajstić information content (AvgIpc) is 3.19. The highest BCUT2D eigenvalue weighted by molar-refractivity contribution is 5.27. The molecule has 0 amide bonds. The molecule has 2 nitrogen and oxygen atoms in total. The van der Waals surface area contributed by atoms with Gasteiger partial charge in [-0.2, -0.15) is 0 Å². The number of nitrogens with zero attached hydrogens (tertiary/aromatic N) is 1. The van der Waals surface area contributed by atoms with Crippen LogP contribution in [0.15, 0.2) is 48.7 Å². The van der Waals surface area contributed by atoms with Gasteiger partial charge >= 0.3 is 0 Å². The van der Waals surface area contributed by atoms with Gasteiger partial charge in [0.25, 0.3) is 0 Å². The van der Waals surface area contributed by atoms with Gasteiger partial charge in [-0.05, 0) is 30.5 Å². The fraction of sp³-hybridized carbons (Fsp3) is 0.312. The summed E-state index contributed by atoms with van der Waals surface area (Å²) in [6.07, 6.45) is 3.18. The highest BCUT2D eigenvalue weighted by Crippen LogP contribution is 2.40. The summed E-state index contributed by atoms with van der Waals surface area (Å²) in [5, 5.41) is 3.58. The summed E-state index contributed by atoms with van der Waals surface area (Å²) in [4.78, 5) is 4.41. The van der Waals surface area contributed by atoms with Crippen LogP contribution in [0.1, 0.15) is 29.2 Å². The Hall–Kier alpha value is -1.67. The lowest BCUT2D eigenvalue weighted by Gasteiger charge is -2.04. The molecule has 2 aromatic rings. The molecule has 3 rings (SSSR count). The first kappa shape index (κ1) is 11.4. The molecule has 1 aliphatic carbocycles. The van der Waals surface area contributed by atoms with Crippen molar-refractivity contribution >= 4 is 0 Å². The van der Waals surface area contributed by atoms with Crippen molar-refractivity contribution in [1.82, 2.24) is 10.3 Å². The van der Waals surface area contributed by atoms with Gasteiger partial charge in [-0.1, -0.05) is 36.4 Å². The molecule has 1 aromatic carbocycles. The van der Waals surface area contributed by atoms with Crippen LogP contribution < -0.4 is 5.32 Å². The Kier molecular flexibility index (Phi) is 3.11. The van der Waals surface area contributed by atoms with E-state index in [4.69, 9.17) is 0 Å². The molecule has 1 aromatic heterocycles. The van der Waals surface area contributed by atoms with Crippen molar-refractivity contribution in [3.8, 4) is 0 Å². The zero-order valence-corrected chi connectivity index (χ0v) is 10.6. The van der Waals surface area contributed by atoms with Gasteiger partial charge in [0.1, 0.15) is 0 Å². The molecule has 18 heavy (non-hydrogen) atoms. The van der Waals surface area contributed by atoms with Crippen molar-refractivity contribution in [1.29, 1.82) is 0 Å². The molecule has 1 aliphatic rings. The van der Waals surface area contributed by atoms with E-state index in [1.165, 1.54) is 17.5 Å². The minimum Gasteiger partial charge on any atom is -0.308 e. The molecule has 1 saturated carbocycles. The Morgan fingerprint density at radius 1 is 1.17 bits per heavy atom. The van der Waals surface area contributed by atoms with E-state index < -0.39 is 0 Å². The van der Waals surface area contributed by atoms with Crippen molar-refractivity contribution in [2.45, 2.75) is 31.8 Å². The fourth-order valence-corrected chi connectivity index (χ4v) is 2.33. The Balaban J connectivity index is 1.53. The Bertz CT molecular complexity index is 504. The van der Waals surface area contributed by atoms with Crippen molar-refractivity contribution in [2.75, 3.05) is 0 Å². The monoisotopic (exact) mass is 238 g/mol. The topological polar surface area (TPSA) is 24.9 Å². The standard InChI is InChI=1S/C16H18N2/c1-12-7-8-14(17-10-12)11-18-16-9-15(16)13-5-3-2-4-6-13/h2-8,10,15-16,18H,9,11H2,1H3. The number of rotatable bonds is 4. The summed E-state index contributed by atoms with van der Waals surface area (Å²) in [5.74, 6) is 0.691. The quantitative estimate of drug-likeness (QED) is 0.885. The molecule has 2 atom stereocenters. The number of aromatic nitrogens is 1. The van der Waals surface area contributed by atoms with Gasteiger partial charge in [0, 0.05) is 24.7 Å². The zero-order chi connectivity index (χ0) is 12.4. The minimum atomic E-state index is 0.621. The third kappa shape index (κ3) is 2.59. The second-order valence-electron chi connectivity index (χ2n) is 5.07. The van der Waals surface area contributed by atoms with E-state index in [2.05, 4.69) is 59.7 Å². The Labute approximate surface area is 108 Å². The summed E-state index contributed by atoms with van der Waals surface area (Å²) in [7, 11) is 0. The summed E-state index contributed by atoms with van der Waals surface area (Å²) < 4.78 is 0.